The van der Waals surface area contributed by atoms with Gasteiger partial charge in [-0.2, -0.15) is 0 Å². The van der Waals surface area contributed by atoms with Gasteiger partial charge >= 0.3 is 12.2 Å². The molecule has 8 nitrogen and oxygen atoms in total. The van der Waals surface area contributed by atoms with Crippen molar-refractivity contribution in [3.05, 3.63) is 65.2 Å². The maximum absolute atomic E-state index is 14.5. The lowest BCUT2D eigenvalue weighted by Gasteiger charge is -2.40. The summed E-state index contributed by atoms with van der Waals surface area (Å²) in [7, 11) is 0. The number of aromatic nitrogens is 1. The largest absolute Gasteiger partial charge is 0.444 e. The molecule has 1 aliphatic heterocycles. The molecule has 0 spiro atoms. The summed E-state index contributed by atoms with van der Waals surface area (Å²) in [5.74, 6) is -0.355. The van der Waals surface area contributed by atoms with E-state index in [0.29, 0.717) is 44.8 Å². The second-order valence-electron chi connectivity index (χ2n) is 12.0. The molecular weight excluding hydrogens is 499 g/mol. The fraction of sp³-hybridized carbons (Fsp3) is 0.567. The first-order valence-electron chi connectivity index (χ1n) is 13.7. The van der Waals surface area contributed by atoms with Gasteiger partial charge in [-0.3, -0.25) is 14.8 Å². The van der Waals surface area contributed by atoms with Gasteiger partial charge in [-0.1, -0.05) is 24.3 Å². The van der Waals surface area contributed by atoms with E-state index in [9.17, 15) is 14.0 Å². The number of ether oxygens (including phenoxy) is 2. The van der Waals surface area contributed by atoms with Crippen molar-refractivity contribution >= 4 is 12.2 Å². The van der Waals surface area contributed by atoms with Crippen molar-refractivity contribution in [2.24, 2.45) is 0 Å². The summed E-state index contributed by atoms with van der Waals surface area (Å²) in [6.45, 7) is 13.5. The zero-order valence-corrected chi connectivity index (χ0v) is 24.1. The number of hydrogen-bond donors (Lipinski definition) is 1. The van der Waals surface area contributed by atoms with E-state index in [1.54, 1.807) is 17.2 Å². The van der Waals surface area contributed by atoms with Crippen molar-refractivity contribution in [3.8, 4) is 0 Å². The molecular formula is C30H43FN4O4. The second kappa shape index (κ2) is 13.2. The molecule has 2 heterocycles. The van der Waals surface area contributed by atoms with Crippen molar-refractivity contribution in [2.45, 2.75) is 91.1 Å². The van der Waals surface area contributed by atoms with Gasteiger partial charge in [0.05, 0.1) is 11.7 Å². The molecule has 0 aliphatic carbocycles. The molecule has 214 valence electrons. The highest BCUT2D eigenvalue weighted by atomic mass is 19.1. The number of pyridine rings is 1. The third-order valence-electron chi connectivity index (χ3n) is 6.23. The van der Waals surface area contributed by atoms with E-state index in [1.807, 2.05) is 59.7 Å². The molecule has 1 aromatic heterocycles. The van der Waals surface area contributed by atoms with E-state index < -0.39 is 17.3 Å². The highest BCUT2D eigenvalue weighted by Crippen LogP contribution is 2.26. The van der Waals surface area contributed by atoms with Gasteiger partial charge in [0.15, 0.2) is 0 Å². The summed E-state index contributed by atoms with van der Waals surface area (Å²) in [5, 5.41) is 2.79. The van der Waals surface area contributed by atoms with Gasteiger partial charge in [-0.05, 0) is 90.6 Å². The number of hydrogen-bond acceptors (Lipinski definition) is 6. The molecule has 3 rings (SSSR count). The molecule has 1 unspecified atom stereocenters. The minimum Gasteiger partial charge on any atom is -0.444 e. The quantitative estimate of drug-likeness (QED) is 0.410. The first kappa shape index (κ1) is 30.3. The van der Waals surface area contributed by atoms with Crippen molar-refractivity contribution in [1.29, 1.82) is 0 Å². The minimum atomic E-state index is -0.615. The maximum Gasteiger partial charge on any atom is 0.410 e. The number of fused-ring (bicyclic) bond motifs is 1. The number of nitrogens with one attached hydrogen (secondary N) is 1. The average molecular weight is 543 g/mol. The van der Waals surface area contributed by atoms with Gasteiger partial charge < -0.3 is 14.8 Å². The Morgan fingerprint density at radius 1 is 1.03 bits per heavy atom. The molecule has 0 saturated carbocycles. The summed E-state index contributed by atoms with van der Waals surface area (Å²) < 4.78 is 25.6. The van der Waals surface area contributed by atoms with E-state index in [2.05, 4.69) is 21.3 Å². The molecule has 1 N–H and O–H groups in total. The van der Waals surface area contributed by atoms with Crippen LogP contribution in [0.4, 0.5) is 14.0 Å². The van der Waals surface area contributed by atoms with Crippen LogP contribution < -0.4 is 5.32 Å². The number of alkyl carbamates (subject to hydrolysis) is 1. The Balaban J connectivity index is 1.71. The van der Waals surface area contributed by atoms with E-state index in [4.69, 9.17) is 9.47 Å². The Hall–Kier alpha value is -3.20. The Morgan fingerprint density at radius 3 is 2.38 bits per heavy atom. The molecule has 0 saturated heterocycles. The Bertz CT molecular complexity index is 1110. The van der Waals surface area contributed by atoms with Crippen LogP contribution in [0.5, 0.6) is 0 Å². The van der Waals surface area contributed by atoms with Crippen LogP contribution in [-0.4, -0.2) is 63.8 Å². The second-order valence-corrected chi connectivity index (χ2v) is 12.0. The van der Waals surface area contributed by atoms with Crippen molar-refractivity contribution in [3.63, 3.8) is 0 Å². The zero-order valence-electron chi connectivity index (χ0n) is 24.1. The summed E-state index contributed by atoms with van der Waals surface area (Å²) in [6, 6.07) is 11.0. The predicted molar refractivity (Wildman–Crippen MR) is 149 cm³/mol. The van der Waals surface area contributed by atoms with Crippen molar-refractivity contribution in [2.75, 3.05) is 19.6 Å². The molecule has 0 radical (unpaired) electrons. The minimum absolute atomic E-state index is 0.151. The SMILES string of the molecule is CC(C)(C)OC(=O)NCCCCN(Cc1ncccc1F)CC1Cc2ccccc2CN1C(=O)OC(C)(C)C. The number of unbranched alkanes of at least 4 members (excludes halogenated alkanes) is 1. The van der Waals surface area contributed by atoms with Gasteiger partial charge in [0.1, 0.15) is 17.0 Å². The number of carbonyl (C=O) groups excluding carboxylic acids is 2. The predicted octanol–water partition coefficient (Wildman–Crippen LogP) is 5.69. The third-order valence-corrected chi connectivity index (χ3v) is 6.23. The Labute approximate surface area is 231 Å². The molecule has 1 atom stereocenters. The molecule has 1 aromatic carbocycles. The van der Waals surface area contributed by atoms with Crippen LogP contribution >= 0.6 is 0 Å². The first-order valence-corrected chi connectivity index (χ1v) is 13.7. The lowest BCUT2D eigenvalue weighted by molar-refractivity contribution is 0.00702. The number of nitrogens with zero attached hydrogens (tertiary/aromatic N) is 3. The molecule has 1 aliphatic rings. The summed E-state index contributed by atoms with van der Waals surface area (Å²) in [6.07, 6.45) is 2.96. The lowest BCUT2D eigenvalue weighted by atomic mass is 9.94. The molecule has 9 heteroatoms. The van der Waals surface area contributed by atoms with Gasteiger partial charge in [0, 0.05) is 32.4 Å². The molecule has 2 aromatic rings. The Morgan fingerprint density at radius 2 is 1.72 bits per heavy atom. The van der Waals surface area contributed by atoms with E-state index >= 15 is 0 Å². The fourth-order valence-corrected chi connectivity index (χ4v) is 4.53. The Kier molecular flexibility index (Phi) is 10.3. The fourth-order valence-electron chi connectivity index (χ4n) is 4.53. The maximum atomic E-state index is 14.5. The van der Waals surface area contributed by atoms with Crippen LogP contribution in [0.15, 0.2) is 42.6 Å². The smallest absolute Gasteiger partial charge is 0.410 e. The van der Waals surface area contributed by atoms with Crippen molar-refractivity contribution in [1.82, 2.24) is 20.1 Å². The van der Waals surface area contributed by atoms with Gasteiger partial charge in [-0.25, -0.2) is 14.0 Å². The average Bonchev–Trinajstić information content (AvgIpc) is 2.82. The van der Waals surface area contributed by atoms with Crippen LogP contribution in [0, 0.1) is 5.82 Å². The van der Waals surface area contributed by atoms with Gasteiger partial charge in [0.2, 0.25) is 0 Å². The standard InChI is InChI=1S/C30H43FN4O4/c1-29(2,3)38-27(36)33-15-9-10-17-34(21-26-25(31)14-11-16-32-26)20-24-18-22-12-7-8-13-23(22)19-35(24)28(37)39-30(4,5)6/h7-8,11-14,16,24H,9-10,15,17-21H2,1-6H3,(H,33,36). The molecule has 0 bridgehead atoms. The van der Waals surface area contributed by atoms with Crippen LogP contribution in [0.3, 0.4) is 0 Å². The van der Waals surface area contributed by atoms with Crippen LogP contribution in [0.1, 0.15) is 71.2 Å². The van der Waals surface area contributed by atoms with E-state index in [0.717, 1.165) is 18.4 Å². The zero-order chi connectivity index (χ0) is 28.6. The third kappa shape index (κ3) is 10.1. The highest BCUT2D eigenvalue weighted by Gasteiger charge is 2.34. The van der Waals surface area contributed by atoms with Crippen LogP contribution in [-0.2, 0) is 29.0 Å². The van der Waals surface area contributed by atoms with E-state index in [-0.39, 0.29) is 18.0 Å². The summed E-state index contributed by atoms with van der Waals surface area (Å²) in [5.41, 5.74) is 1.51. The highest BCUT2D eigenvalue weighted by molar-refractivity contribution is 5.69. The number of halogens is 1. The van der Waals surface area contributed by atoms with Gasteiger partial charge in [-0.15, -0.1) is 0 Å². The van der Waals surface area contributed by atoms with Crippen LogP contribution in [0.25, 0.3) is 0 Å². The van der Waals surface area contributed by atoms with Crippen molar-refractivity contribution < 1.29 is 23.5 Å². The number of amides is 2. The molecule has 2 amide bonds. The summed E-state index contributed by atoms with van der Waals surface area (Å²) >= 11 is 0. The van der Waals surface area contributed by atoms with Crippen LogP contribution in [0.2, 0.25) is 0 Å². The normalized spacial score (nSPS) is 15.6. The van der Waals surface area contributed by atoms with Gasteiger partial charge in [0.25, 0.3) is 0 Å². The molecule has 0 fully saturated rings. The lowest BCUT2D eigenvalue weighted by Crippen LogP contribution is -2.51. The summed E-state index contributed by atoms with van der Waals surface area (Å²) in [4.78, 5) is 33.4. The molecule has 39 heavy (non-hydrogen) atoms. The number of rotatable bonds is 9. The number of benzene rings is 1. The first-order chi connectivity index (χ1) is 18.3. The monoisotopic (exact) mass is 542 g/mol. The number of carbonyl (C=O) groups is 2. The van der Waals surface area contributed by atoms with E-state index in [1.165, 1.54) is 11.6 Å². The topological polar surface area (TPSA) is 84.0 Å².